The van der Waals surface area contributed by atoms with Gasteiger partial charge in [-0.25, -0.2) is 28.8 Å². The van der Waals surface area contributed by atoms with Crippen LogP contribution in [0.5, 0.6) is 0 Å². The third-order valence-corrected chi connectivity index (χ3v) is 11.1. The van der Waals surface area contributed by atoms with Gasteiger partial charge in [-0.15, -0.1) is 0 Å². The van der Waals surface area contributed by atoms with Crippen molar-refractivity contribution in [2.75, 3.05) is 20.8 Å². The molecule has 1 aliphatic carbocycles. The number of aliphatic imine (C=N–C) groups is 2. The van der Waals surface area contributed by atoms with Crippen LogP contribution in [0.25, 0.3) is 22.3 Å². The van der Waals surface area contributed by atoms with Crippen molar-refractivity contribution in [3.63, 3.8) is 0 Å². The Morgan fingerprint density at radius 2 is 1.34 bits per heavy atom. The highest BCUT2D eigenvalue weighted by molar-refractivity contribution is 6.04. The van der Waals surface area contributed by atoms with E-state index in [-0.39, 0.29) is 17.9 Å². The van der Waals surface area contributed by atoms with Crippen molar-refractivity contribution in [3.05, 3.63) is 72.1 Å². The maximum Gasteiger partial charge on any atom is 0.425 e. The molecule has 0 radical (unpaired) electrons. The van der Waals surface area contributed by atoms with Crippen LogP contribution < -0.4 is 10.7 Å². The van der Waals surface area contributed by atoms with Crippen LogP contribution in [0.1, 0.15) is 77.3 Å². The van der Waals surface area contributed by atoms with Gasteiger partial charge in [-0.3, -0.25) is 19.6 Å². The molecule has 1 saturated heterocycles. The van der Waals surface area contributed by atoms with E-state index < -0.39 is 60.8 Å². The number of allylic oxidation sites excluding steroid dienone is 2. The Bertz CT molecular complexity index is 1960. The molecule has 3 aliphatic heterocycles. The third-order valence-electron chi connectivity index (χ3n) is 11.1. The van der Waals surface area contributed by atoms with Gasteiger partial charge in [0.15, 0.2) is 0 Å². The first-order valence-corrected chi connectivity index (χ1v) is 19.1. The maximum absolute atomic E-state index is 14.8. The van der Waals surface area contributed by atoms with E-state index in [9.17, 15) is 28.0 Å². The number of halogens is 2. The predicted octanol–water partition coefficient (Wildman–Crippen LogP) is 7.27. The van der Waals surface area contributed by atoms with Crippen LogP contribution in [0.4, 0.5) is 18.4 Å². The van der Waals surface area contributed by atoms with E-state index in [1.54, 1.807) is 20.0 Å². The first kappa shape index (κ1) is 40.3. The lowest BCUT2D eigenvalue weighted by molar-refractivity contribution is -0.141. The number of hydrogen-bond acceptors (Lipinski definition) is 8. The summed E-state index contributed by atoms with van der Waals surface area (Å²) in [6.45, 7) is 7.78. The van der Waals surface area contributed by atoms with Crippen molar-refractivity contribution in [2.45, 2.75) is 90.3 Å². The Kier molecular flexibility index (Phi) is 12.1. The Morgan fingerprint density at radius 3 is 1.88 bits per heavy atom. The van der Waals surface area contributed by atoms with Gasteiger partial charge < -0.3 is 19.7 Å². The van der Waals surface area contributed by atoms with Gasteiger partial charge in [0, 0.05) is 68.0 Å². The summed E-state index contributed by atoms with van der Waals surface area (Å²) in [5, 5.41) is 3.77. The van der Waals surface area contributed by atoms with E-state index in [4.69, 9.17) is 9.73 Å². The summed E-state index contributed by atoms with van der Waals surface area (Å²) in [4.78, 5) is 62.0. The quantitative estimate of drug-likeness (QED) is 0.244. The number of ether oxygens (including phenoxy) is 2. The summed E-state index contributed by atoms with van der Waals surface area (Å²) in [6, 6.07) is 15.0. The van der Waals surface area contributed by atoms with Crippen LogP contribution in [0.2, 0.25) is 0 Å². The number of hydrogen-bond donors (Lipinski definition) is 2. The minimum Gasteiger partial charge on any atom is -0.453 e. The van der Waals surface area contributed by atoms with Gasteiger partial charge in [0.1, 0.15) is 6.04 Å². The van der Waals surface area contributed by atoms with Crippen molar-refractivity contribution >= 4 is 46.6 Å². The fraction of sp³-hybridized carbons (Fsp3) is 0.476. The molecule has 2 N–H and O–H groups in total. The van der Waals surface area contributed by atoms with Gasteiger partial charge in [-0.1, -0.05) is 62.4 Å². The van der Waals surface area contributed by atoms with Crippen molar-refractivity contribution in [1.29, 1.82) is 0 Å². The molecule has 14 heteroatoms. The minimum absolute atomic E-state index is 0.105. The minimum atomic E-state index is -3.04. The zero-order valence-corrected chi connectivity index (χ0v) is 32.7. The summed E-state index contributed by atoms with van der Waals surface area (Å²) in [5.41, 5.74) is 9.77. The molecule has 4 atom stereocenters. The van der Waals surface area contributed by atoms with Gasteiger partial charge in [-0.2, -0.15) is 0 Å². The fourth-order valence-corrected chi connectivity index (χ4v) is 8.07. The van der Waals surface area contributed by atoms with E-state index in [0.717, 1.165) is 57.0 Å². The summed E-state index contributed by atoms with van der Waals surface area (Å²) in [5.74, 6) is -5.67. The Balaban J connectivity index is 1.06. The average molecular weight is 773 g/mol. The molecule has 2 aromatic rings. The third kappa shape index (κ3) is 8.69. The first-order chi connectivity index (χ1) is 26.7. The summed E-state index contributed by atoms with van der Waals surface area (Å²) in [6.07, 6.45) is 3.65. The van der Waals surface area contributed by atoms with E-state index in [1.165, 1.54) is 14.2 Å². The summed E-state index contributed by atoms with van der Waals surface area (Å²) >= 11 is 0. The van der Waals surface area contributed by atoms with Gasteiger partial charge in [0.05, 0.1) is 26.2 Å². The van der Waals surface area contributed by atoms with Crippen LogP contribution in [0.15, 0.2) is 70.9 Å². The fourth-order valence-electron chi connectivity index (χ4n) is 8.07. The number of alkyl halides is 2. The molecule has 298 valence electrons. The lowest BCUT2D eigenvalue weighted by Gasteiger charge is -2.31. The molecule has 2 fully saturated rings. The Labute approximate surface area is 326 Å². The van der Waals surface area contributed by atoms with Gasteiger partial charge >= 0.3 is 12.2 Å². The molecule has 6 rings (SSSR count). The van der Waals surface area contributed by atoms with Crippen molar-refractivity contribution < 1.29 is 37.4 Å². The summed E-state index contributed by atoms with van der Waals surface area (Å²) in [7, 11) is 2.45. The molecule has 1 saturated carbocycles. The molecule has 0 spiro atoms. The first-order valence-electron chi connectivity index (χ1n) is 19.1. The second-order valence-electron chi connectivity index (χ2n) is 15.5. The number of nitrogens with one attached hydrogen (secondary N) is 2. The highest BCUT2D eigenvalue weighted by atomic mass is 19.3. The van der Waals surface area contributed by atoms with Crippen molar-refractivity contribution in [1.82, 2.24) is 20.7 Å². The van der Waals surface area contributed by atoms with Gasteiger partial charge in [-0.05, 0) is 66.0 Å². The molecule has 4 amide bonds. The number of rotatable bonds is 10. The largest absolute Gasteiger partial charge is 0.453 e. The maximum atomic E-state index is 14.8. The number of amides is 4. The van der Waals surface area contributed by atoms with Crippen LogP contribution in [-0.4, -0.2) is 90.1 Å². The monoisotopic (exact) mass is 772 g/mol. The Hall–Kier alpha value is -5.40. The molecular weight excluding hydrogens is 722 g/mol. The van der Waals surface area contributed by atoms with Crippen LogP contribution in [0.3, 0.4) is 0 Å². The lowest BCUT2D eigenvalue weighted by Crippen LogP contribution is -2.53. The average Bonchev–Trinajstić information content (AvgIpc) is 4.01. The molecule has 0 bridgehead atoms. The van der Waals surface area contributed by atoms with E-state index in [0.29, 0.717) is 25.1 Å². The number of benzene rings is 2. The smallest absolute Gasteiger partial charge is 0.425 e. The molecule has 1 unspecified atom stereocenters. The number of nitrogens with zero attached hydrogens (tertiary/aromatic N) is 4. The number of hydrazine groups is 1. The standard InChI is InChI=1S/C42H50F2N6O6/c1-24(2)37(47-40(53)55-5)39(52)49-17-7-8-36(49)35-19-31(23-46-35)29-15-11-27(12-16-29)26-9-13-28(14-10-26)30-18-34(45-22-30)32-20-42(43,44)21-33(32)38(51)50(25(3)4)48-41(54)56-6/h9-16,22-25,32-33,36-37H,7-8,17-21H2,1-6H3,(H,47,53)(H,48,54)/t32?,33-,36+,37+/m1/s1. The zero-order valence-electron chi connectivity index (χ0n) is 32.7. The SMILES string of the molecule is COC(=O)N[C@H](C(=O)N1CCC[C@H]1C1=NC=C(c2ccc(-c3ccc(C4=CN=C(C5CC(F)(F)C[C@H]5C(=O)N(NC(=O)OC)C(C)C)C4)cc3)cc2)C1)C(C)C. The highest BCUT2D eigenvalue weighted by Crippen LogP contribution is 2.47. The molecule has 2 aromatic carbocycles. The number of carbonyl (C=O) groups excluding carboxylic acids is 4. The topological polar surface area (TPSA) is 142 Å². The van der Waals surface area contributed by atoms with E-state index in [2.05, 4.69) is 44.7 Å². The second kappa shape index (κ2) is 16.8. The highest BCUT2D eigenvalue weighted by Gasteiger charge is 2.52. The molecule has 56 heavy (non-hydrogen) atoms. The summed E-state index contributed by atoms with van der Waals surface area (Å²) < 4.78 is 39.0. The molecular formula is C42H50F2N6O6. The van der Waals surface area contributed by atoms with Crippen molar-refractivity contribution in [2.24, 2.45) is 27.7 Å². The van der Waals surface area contributed by atoms with E-state index >= 15 is 0 Å². The van der Waals surface area contributed by atoms with E-state index in [1.807, 2.05) is 49.2 Å². The molecule has 3 heterocycles. The van der Waals surface area contributed by atoms with Gasteiger partial charge in [0.25, 0.3) is 0 Å². The normalized spacial score (nSPS) is 22.0. The second-order valence-corrected chi connectivity index (χ2v) is 15.5. The molecule has 0 aromatic heterocycles. The number of methoxy groups -OCH3 is 2. The van der Waals surface area contributed by atoms with Crippen LogP contribution >= 0.6 is 0 Å². The van der Waals surface area contributed by atoms with Crippen molar-refractivity contribution in [3.8, 4) is 11.1 Å². The number of alkyl carbamates (subject to hydrolysis) is 1. The Morgan fingerprint density at radius 1 is 0.804 bits per heavy atom. The molecule has 4 aliphatic rings. The predicted molar refractivity (Wildman–Crippen MR) is 210 cm³/mol. The zero-order chi connectivity index (χ0) is 40.3. The number of carbonyl (C=O) groups is 4. The van der Waals surface area contributed by atoms with Gasteiger partial charge in [0.2, 0.25) is 17.7 Å². The number of likely N-dealkylation sites (tertiary alicyclic amines) is 1. The van der Waals surface area contributed by atoms with Crippen LogP contribution in [-0.2, 0) is 19.1 Å². The van der Waals surface area contributed by atoms with Crippen LogP contribution in [0, 0.1) is 17.8 Å². The lowest BCUT2D eigenvalue weighted by atomic mass is 9.87. The molecule has 12 nitrogen and oxygen atoms in total.